The lowest BCUT2D eigenvalue weighted by Crippen LogP contribution is -2.24. The van der Waals surface area contributed by atoms with Crippen LogP contribution in [0.15, 0.2) is 24.3 Å². The molecule has 1 aromatic carbocycles. The summed E-state index contributed by atoms with van der Waals surface area (Å²) in [5.74, 6) is 0.754. The minimum atomic E-state index is -0.0231. The van der Waals surface area contributed by atoms with Crippen molar-refractivity contribution in [1.82, 2.24) is 10.2 Å². The number of hydrogen-bond acceptors (Lipinski definition) is 6. The zero-order valence-corrected chi connectivity index (χ0v) is 16.6. The maximum Gasteiger partial charge on any atom is 0.229 e. The van der Waals surface area contributed by atoms with Crippen LogP contribution in [0.1, 0.15) is 44.0 Å². The van der Waals surface area contributed by atoms with Gasteiger partial charge in [0.15, 0.2) is 0 Å². The van der Waals surface area contributed by atoms with Crippen LogP contribution in [0.4, 0.5) is 10.8 Å². The molecule has 0 saturated carbocycles. The summed E-state index contributed by atoms with van der Waals surface area (Å²) in [7, 11) is 1.61. The molecule has 2 heterocycles. The van der Waals surface area contributed by atoms with Crippen LogP contribution in [0.25, 0.3) is 0 Å². The molecule has 1 saturated heterocycles. The van der Waals surface area contributed by atoms with Gasteiger partial charge < -0.3 is 15.0 Å². The molecule has 1 N–H and O–H groups in total. The van der Waals surface area contributed by atoms with Crippen molar-refractivity contribution in [3.63, 3.8) is 0 Å². The quantitative estimate of drug-likeness (QED) is 0.785. The van der Waals surface area contributed by atoms with Crippen LogP contribution < -0.4 is 15.0 Å². The fraction of sp³-hybridized carbons (Fsp3) is 0.474. The molecule has 1 fully saturated rings. The van der Waals surface area contributed by atoms with Crippen molar-refractivity contribution in [1.29, 1.82) is 0 Å². The highest BCUT2D eigenvalue weighted by molar-refractivity contribution is 7.15. The first kappa shape index (κ1) is 19.3. The molecular formula is C19H24N4O3S. The van der Waals surface area contributed by atoms with Crippen LogP contribution in [0.5, 0.6) is 5.75 Å². The largest absolute Gasteiger partial charge is 0.497 e. The topological polar surface area (TPSA) is 84.4 Å². The molecule has 7 nitrogen and oxygen atoms in total. The molecule has 8 heteroatoms. The number of carbonyl (C=O) groups is 2. The zero-order chi connectivity index (χ0) is 19.4. The normalized spacial score (nSPS) is 16.8. The molecule has 1 aliphatic rings. The molecule has 2 aromatic rings. The lowest BCUT2D eigenvalue weighted by molar-refractivity contribution is -0.120. The van der Waals surface area contributed by atoms with E-state index in [4.69, 9.17) is 4.74 Å². The molecule has 1 atom stereocenters. The minimum absolute atomic E-state index is 0.0176. The van der Waals surface area contributed by atoms with Gasteiger partial charge in [-0.05, 0) is 37.1 Å². The van der Waals surface area contributed by atoms with Gasteiger partial charge in [-0.15, -0.1) is 10.2 Å². The average Bonchev–Trinajstić information content (AvgIpc) is 3.29. The van der Waals surface area contributed by atoms with Gasteiger partial charge in [-0.1, -0.05) is 25.2 Å². The van der Waals surface area contributed by atoms with Gasteiger partial charge in [0.2, 0.25) is 16.9 Å². The number of aromatic nitrogens is 2. The van der Waals surface area contributed by atoms with Crippen molar-refractivity contribution in [3.05, 3.63) is 29.3 Å². The number of anilines is 2. The van der Waals surface area contributed by atoms with Crippen molar-refractivity contribution >= 4 is 34.0 Å². The predicted molar refractivity (Wildman–Crippen MR) is 105 cm³/mol. The van der Waals surface area contributed by atoms with Gasteiger partial charge in [0.25, 0.3) is 0 Å². The SMILES string of the molecule is CCC(CC)C(=O)Nc1nnc([C@@H]2CC(=O)N(c3ccc(OC)cc3)C2)s1. The van der Waals surface area contributed by atoms with E-state index >= 15 is 0 Å². The van der Waals surface area contributed by atoms with Crippen LogP contribution in [-0.2, 0) is 9.59 Å². The Hall–Kier alpha value is -2.48. The van der Waals surface area contributed by atoms with Crippen LogP contribution >= 0.6 is 11.3 Å². The molecule has 2 amide bonds. The predicted octanol–water partition coefficient (Wildman–Crippen LogP) is 3.44. The molecule has 144 valence electrons. The third-order valence-corrected chi connectivity index (χ3v) is 5.89. The standard InChI is InChI=1S/C19H24N4O3S/c1-4-12(5-2)17(25)20-19-22-21-18(27-19)13-10-16(24)23(11-13)14-6-8-15(26-3)9-7-14/h6-9,12-13H,4-5,10-11H2,1-3H3,(H,20,22,25)/t13-/m1/s1. The first-order valence-electron chi connectivity index (χ1n) is 9.14. The Labute approximate surface area is 162 Å². The van der Waals surface area contributed by atoms with E-state index in [2.05, 4.69) is 15.5 Å². The highest BCUT2D eigenvalue weighted by atomic mass is 32.1. The Morgan fingerprint density at radius 3 is 2.63 bits per heavy atom. The average molecular weight is 388 g/mol. The summed E-state index contributed by atoms with van der Waals surface area (Å²) in [6, 6.07) is 7.43. The third-order valence-electron chi connectivity index (χ3n) is 4.89. The number of carbonyl (C=O) groups excluding carboxylic acids is 2. The van der Waals surface area contributed by atoms with Gasteiger partial charge in [0.05, 0.1) is 7.11 Å². The van der Waals surface area contributed by atoms with Crippen molar-refractivity contribution in [2.75, 3.05) is 23.9 Å². The first-order valence-corrected chi connectivity index (χ1v) is 9.96. The highest BCUT2D eigenvalue weighted by Gasteiger charge is 2.34. The van der Waals surface area contributed by atoms with E-state index in [1.54, 1.807) is 12.0 Å². The maximum atomic E-state index is 12.4. The number of methoxy groups -OCH3 is 1. The number of amides is 2. The van der Waals surface area contributed by atoms with Crippen molar-refractivity contribution in [3.8, 4) is 5.75 Å². The molecule has 3 rings (SSSR count). The number of nitrogens with zero attached hydrogens (tertiary/aromatic N) is 3. The van der Waals surface area contributed by atoms with Gasteiger partial charge in [-0.25, -0.2) is 0 Å². The first-order chi connectivity index (χ1) is 13.0. The molecule has 27 heavy (non-hydrogen) atoms. The lowest BCUT2D eigenvalue weighted by Gasteiger charge is -2.16. The molecule has 0 unspecified atom stereocenters. The summed E-state index contributed by atoms with van der Waals surface area (Å²) in [4.78, 5) is 26.4. The van der Waals surface area contributed by atoms with Gasteiger partial charge >= 0.3 is 0 Å². The third kappa shape index (κ3) is 4.27. The molecule has 0 aliphatic carbocycles. The smallest absolute Gasteiger partial charge is 0.229 e. The van der Waals surface area contributed by atoms with Crippen molar-refractivity contribution in [2.45, 2.75) is 39.0 Å². The molecule has 0 bridgehead atoms. The molecule has 1 aromatic heterocycles. The Morgan fingerprint density at radius 2 is 2.00 bits per heavy atom. The Morgan fingerprint density at radius 1 is 1.30 bits per heavy atom. The summed E-state index contributed by atoms with van der Waals surface area (Å²) >= 11 is 1.35. The second-order valence-electron chi connectivity index (χ2n) is 6.55. The van der Waals surface area contributed by atoms with Crippen molar-refractivity contribution in [2.24, 2.45) is 5.92 Å². The lowest BCUT2D eigenvalue weighted by atomic mass is 10.0. The molecule has 0 spiro atoms. The van der Waals surface area contributed by atoms with Crippen LogP contribution in [-0.4, -0.2) is 35.7 Å². The Kier molecular flexibility index (Phi) is 6.05. The summed E-state index contributed by atoms with van der Waals surface area (Å²) in [5, 5.41) is 12.4. The second kappa shape index (κ2) is 8.47. The Balaban J connectivity index is 1.66. The number of benzene rings is 1. The van der Waals surface area contributed by atoms with Gasteiger partial charge in [-0.2, -0.15) is 0 Å². The number of ether oxygens (including phenoxy) is 1. The molecule has 0 radical (unpaired) electrons. The monoisotopic (exact) mass is 388 g/mol. The van der Waals surface area contributed by atoms with E-state index in [0.717, 1.165) is 29.3 Å². The van der Waals surface area contributed by atoms with Crippen LogP contribution in [0.3, 0.4) is 0 Å². The van der Waals surface area contributed by atoms with Gasteiger partial charge in [0, 0.05) is 30.5 Å². The van der Waals surface area contributed by atoms with Crippen molar-refractivity contribution < 1.29 is 14.3 Å². The number of rotatable bonds is 7. The summed E-state index contributed by atoms with van der Waals surface area (Å²) < 4.78 is 5.16. The van der Waals surface area contributed by atoms with Crippen LogP contribution in [0.2, 0.25) is 0 Å². The maximum absolute atomic E-state index is 12.4. The second-order valence-corrected chi connectivity index (χ2v) is 7.56. The summed E-state index contributed by atoms with van der Waals surface area (Å²) in [5.41, 5.74) is 0.843. The van der Waals surface area contributed by atoms with E-state index in [9.17, 15) is 9.59 Å². The minimum Gasteiger partial charge on any atom is -0.497 e. The zero-order valence-electron chi connectivity index (χ0n) is 15.8. The van der Waals surface area contributed by atoms with E-state index in [1.807, 2.05) is 38.1 Å². The van der Waals surface area contributed by atoms with Gasteiger partial charge in [0.1, 0.15) is 10.8 Å². The van der Waals surface area contributed by atoms with Crippen LogP contribution in [0, 0.1) is 5.92 Å². The van der Waals surface area contributed by atoms with E-state index in [1.165, 1.54) is 11.3 Å². The fourth-order valence-electron chi connectivity index (χ4n) is 3.20. The van der Waals surface area contributed by atoms with Gasteiger partial charge in [-0.3, -0.25) is 9.59 Å². The van der Waals surface area contributed by atoms with E-state index in [0.29, 0.717) is 18.1 Å². The molecule has 1 aliphatic heterocycles. The number of nitrogens with one attached hydrogen (secondary N) is 1. The van der Waals surface area contributed by atoms with E-state index < -0.39 is 0 Å². The summed E-state index contributed by atoms with van der Waals surface area (Å²) in [6.45, 7) is 4.55. The fourth-order valence-corrected chi connectivity index (χ4v) is 4.04. The van der Waals surface area contributed by atoms with E-state index in [-0.39, 0.29) is 23.7 Å². The number of hydrogen-bond donors (Lipinski definition) is 1. The molecular weight excluding hydrogens is 364 g/mol. The highest BCUT2D eigenvalue weighted by Crippen LogP contribution is 2.34. The summed E-state index contributed by atoms with van der Waals surface area (Å²) in [6.07, 6.45) is 1.98. The Bertz CT molecular complexity index is 802.